The molecule has 0 amide bonds. The second-order valence-electron chi connectivity index (χ2n) is 3.39. The zero-order valence-corrected chi connectivity index (χ0v) is 11.0. The van der Waals surface area contributed by atoms with Crippen molar-refractivity contribution in [2.24, 2.45) is 0 Å². The van der Waals surface area contributed by atoms with E-state index in [1.54, 1.807) is 18.2 Å². The minimum absolute atomic E-state index is 0.0234. The van der Waals surface area contributed by atoms with Gasteiger partial charge in [0.15, 0.2) is 0 Å². The molecular weight excluding hydrogens is 298 g/mol. The number of nitrogens with zero attached hydrogens (tertiary/aromatic N) is 2. The quantitative estimate of drug-likeness (QED) is 0.462. The summed E-state index contributed by atoms with van der Waals surface area (Å²) < 4.78 is 0. The van der Waals surface area contributed by atoms with Crippen LogP contribution in [0.15, 0.2) is 30.3 Å². The maximum absolute atomic E-state index is 10.7. The molecule has 0 saturated heterocycles. The third-order valence-corrected chi connectivity index (χ3v) is 3.23. The molecule has 0 N–H and O–H groups in total. The highest BCUT2D eigenvalue weighted by Crippen LogP contribution is 2.34. The maximum Gasteiger partial charge on any atom is 0.274 e. The van der Waals surface area contributed by atoms with E-state index in [2.05, 4.69) is 4.98 Å². The van der Waals surface area contributed by atoms with Crippen LogP contribution < -0.4 is 0 Å². The van der Waals surface area contributed by atoms with Crippen molar-refractivity contribution >= 4 is 40.5 Å². The average molecular weight is 304 g/mol. The first-order valence-corrected chi connectivity index (χ1v) is 5.89. The molecule has 2 rings (SSSR count). The fourth-order valence-electron chi connectivity index (χ4n) is 1.43. The summed E-state index contributed by atoms with van der Waals surface area (Å²) in [6.07, 6.45) is 0. The van der Waals surface area contributed by atoms with Crippen molar-refractivity contribution in [2.75, 3.05) is 0 Å². The lowest BCUT2D eigenvalue weighted by Gasteiger charge is -2.05. The molecule has 0 fully saturated rings. The van der Waals surface area contributed by atoms with Crippen LogP contribution in [0, 0.1) is 10.1 Å². The van der Waals surface area contributed by atoms with Crippen LogP contribution in [-0.4, -0.2) is 9.91 Å². The predicted octanol–water partition coefficient (Wildman–Crippen LogP) is 4.62. The van der Waals surface area contributed by atoms with Crippen LogP contribution in [0.2, 0.25) is 15.2 Å². The van der Waals surface area contributed by atoms with Gasteiger partial charge in [0.2, 0.25) is 0 Å². The monoisotopic (exact) mass is 302 g/mol. The molecule has 4 nitrogen and oxygen atoms in total. The fourth-order valence-corrected chi connectivity index (χ4v) is 2.03. The molecule has 0 spiro atoms. The molecule has 92 valence electrons. The minimum atomic E-state index is -0.546. The van der Waals surface area contributed by atoms with Gasteiger partial charge in [0.25, 0.3) is 5.69 Å². The highest BCUT2D eigenvalue weighted by Gasteiger charge is 2.14. The Morgan fingerprint density at radius 1 is 1.17 bits per heavy atom. The van der Waals surface area contributed by atoms with Crippen molar-refractivity contribution in [1.29, 1.82) is 0 Å². The first-order chi connectivity index (χ1) is 8.49. The molecular formula is C11H5Cl3N2O2. The van der Waals surface area contributed by atoms with Crippen molar-refractivity contribution in [3.05, 3.63) is 55.6 Å². The van der Waals surface area contributed by atoms with E-state index in [9.17, 15) is 10.1 Å². The zero-order valence-electron chi connectivity index (χ0n) is 8.73. The second kappa shape index (κ2) is 5.10. The lowest BCUT2D eigenvalue weighted by Crippen LogP contribution is -1.92. The first kappa shape index (κ1) is 13.1. The average Bonchev–Trinajstić information content (AvgIpc) is 2.31. The number of benzene rings is 1. The van der Waals surface area contributed by atoms with E-state index in [1.807, 2.05) is 0 Å². The van der Waals surface area contributed by atoms with Crippen LogP contribution >= 0.6 is 34.8 Å². The Labute approximate surface area is 117 Å². The van der Waals surface area contributed by atoms with Crippen LogP contribution in [0.1, 0.15) is 0 Å². The van der Waals surface area contributed by atoms with E-state index < -0.39 is 4.92 Å². The largest absolute Gasteiger partial charge is 0.274 e. The Bertz CT molecular complexity index is 632. The van der Waals surface area contributed by atoms with Crippen molar-refractivity contribution in [2.45, 2.75) is 0 Å². The summed E-state index contributed by atoms with van der Waals surface area (Å²) in [5.74, 6) is 0. The number of halogens is 3. The van der Waals surface area contributed by atoms with E-state index in [0.29, 0.717) is 16.3 Å². The molecule has 0 atom stereocenters. The van der Waals surface area contributed by atoms with Gasteiger partial charge in [0, 0.05) is 11.6 Å². The summed E-state index contributed by atoms with van der Waals surface area (Å²) in [6, 6.07) is 7.42. The van der Waals surface area contributed by atoms with E-state index in [0.717, 1.165) is 0 Å². The molecule has 0 saturated carbocycles. The van der Waals surface area contributed by atoms with Gasteiger partial charge >= 0.3 is 0 Å². The Hall–Kier alpha value is -1.36. The van der Waals surface area contributed by atoms with Crippen molar-refractivity contribution < 1.29 is 4.92 Å². The van der Waals surface area contributed by atoms with Crippen LogP contribution in [-0.2, 0) is 0 Å². The van der Waals surface area contributed by atoms with E-state index in [4.69, 9.17) is 34.8 Å². The normalized spacial score (nSPS) is 10.4. The van der Waals surface area contributed by atoms with Crippen LogP contribution in [0.5, 0.6) is 0 Å². The van der Waals surface area contributed by atoms with Crippen molar-refractivity contribution in [1.82, 2.24) is 4.98 Å². The van der Waals surface area contributed by atoms with Crippen LogP contribution in [0.4, 0.5) is 5.69 Å². The predicted molar refractivity (Wildman–Crippen MR) is 71.4 cm³/mol. The molecule has 1 aromatic carbocycles. The second-order valence-corrected chi connectivity index (χ2v) is 4.56. The summed E-state index contributed by atoms with van der Waals surface area (Å²) in [4.78, 5) is 14.2. The Kier molecular flexibility index (Phi) is 3.71. The van der Waals surface area contributed by atoms with E-state index in [1.165, 1.54) is 12.1 Å². The molecule has 1 aromatic heterocycles. The van der Waals surface area contributed by atoms with Gasteiger partial charge in [0.05, 0.1) is 26.7 Å². The number of hydrogen-bond acceptors (Lipinski definition) is 3. The van der Waals surface area contributed by atoms with Gasteiger partial charge in [-0.25, -0.2) is 4.98 Å². The third-order valence-electron chi connectivity index (χ3n) is 2.22. The molecule has 0 aliphatic rings. The van der Waals surface area contributed by atoms with Crippen LogP contribution in [0.3, 0.4) is 0 Å². The van der Waals surface area contributed by atoms with Crippen LogP contribution in [0.25, 0.3) is 11.3 Å². The van der Waals surface area contributed by atoms with Gasteiger partial charge in [-0.2, -0.15) is 0 Å². The summed E-state index contributed by atoms with van der Waals surface area (Å²) in [5, 5.41) is 11.4. The number of nitro groups is 1. The van der Waals surface area contributed by atoms with Crippen molar-refractivity contribution in [3.8, 4) is 11.3 Å². The topological polar surface area (TPSA) is 56.0 Å². The van der Waals surface area contributed by atoms with Gasteiger partial charge in [-0.1, -0.05) is 46.9 Å². The van der Waals surface area contributed by atoms with Gasteiger partial charge in [0.1, 0.15) is 5.15 Å². The summed E-state index contributed by atoms with van der Waals surface area (Å²) in [7, 11) is 0. The summed E-state index contributed by atoms with van der Waals surface area (Å²) >= 11 is 17.7. The zero-order chi connectivity index (χ0) is 13.3. The fraction of sp³-hybridized carbons (Fsp3) is 0. The molecule has 7 heteroatoms. The molecule has 0 radical (unpaired) electrons. The standard InChI is InChI=1S/C11H5Cl3N2O2/c12-8-3-1-2-7(11(8)14)9-4-6(16(17)18)5-10(13)15-9/h1-5H. The number of pyridine rings is 1. The lowest BCUT2D eigenvalue weighted by molar-refractivity contribution is -0.384. The Balaban J connectivity index is 2.64. The summed E-state index contributed by atoms with van der Waals surface area (Å²) in [6.45, 7) is 0. The Morgan fingerprint density at radius 2 is 1.89 bits per heavy atom. The van der Waals surface area contributed by atoms with E-state index >= 15 is 0 Å². The molecule has 1 heterocycles. The first-order valence-electron chi connectivity index (χ1n) is 4.75. The van der Waals surface area contributed by atoms with E-state index in [-0.39, 0.29) is 15.9 Å². The minimum Gasteiger partial charge on any atom is -0.258 e. The third kappa shape index (κ3) is 2.56. The molecule has 0 unspecified atom stereocenters. The molecule has 18 heavy (non-hydrogen) atoms. The summed E-state index contributed by atoms with van der Waals surface area (Å²) in [5.41, 5.74) is 0.650. The van der Waals surface area contributed by atoms with Gasteiger partial charge in [-0.15, -0.1) is 0 Å². The van der Waals surface area contributed by atoms with Gasteiger partial charge < -0.3 is 0 Å². The van der Waals surface area contributed by atoms with Crippen molar-refractivity contribution in [3.63, 3.8) is 0 Å². The smallest absolute Gasteiger partial charge is 0.258 e. The van der Waals surface area contributed by atoms with Gasteiger partial charge in [-0.05, 0) is 6.07 Å². The van der Waals surface area contributed by atoms with Gasteiger partial charge in [-0.3, -0.25) is 10.1 Å². The molecule has 0 bridgehead atoms. The SMILES string of the molecule is O=[N+]([O-])c1cc(Cl)nc(-c2cccc(Cl)c2Cl)c1. The maximum atomic E-state index is 10.7. The highest BCUT2D eigenvalue weighted by atomic mass is 35.5. The highest BCUT2D eigenvalue weighted by molar-refractivity contribution is 6.43. The lowest BCUT2D eigenvalue weighted by atomic mass is 10.1. The number of rotatable bonds is 2. The molecule has 2 aromatic rings. The Morgan fingerprint density at radius 3 is 2.56 bits per heavy atom. The molecule has 0 aliphatic heterocycles. The number of hydrogen-bond donors (Lipinski definition) is 0. The molecule has 0 aliphatic carbocycles. The number of aromatic nitrogens is 1.